The van der Waals surface area contributed by atoms with Crippen molar-refractivity contribution in [3.8, 4) is 0 Å². The number of rotatable bonds is 10. The number of Topliss-reactive ketones (excluding diaryl/α,β-unsaturated/α-hetero) is 2. The Labute approximate surface area is 91.4 Å². The molecular formula is C11H22N2O2. The SMILES string of the molecule is NCCC(=O)CCCCCC(=O)CCN. The van der Waals surface area contributed by atoms with Crippen LogP contribution in [0.4, 0.5) is 0 Å². The van der Waals surface area contributed by atoms with E-state index < -0.39 is 0 Å². The molecule has 0 radical (unpaired) electrons. The fourth-order valence-electron chi connectivity index (χ4n) is 1.39. The molecule has 0 aliphatic heterocycles. The van der Waals surface area contributed by atoms with Crippen LogP contribution in [-0.2, 0) is 9.59 Å². The average molecular weight is 214 g/mol. The molecule has 0 rings (SSSR count). The Morgan fingerprint density at radius 1 is 0.667 bits per heavy atom. The molecule has 0 heterocycles. The molecule has 0 spiro atoms. The highest BCUT2D eigenvalue weighted by molar-refractivity contribution is 5.79. The van der Waals surface area contributed by atoms with Gasteiger partial charge in [-0.2, -0.15) is 0 Å². The molecule has 0 fully saturated rings. The number of unbranched alkanes of at least 4 members (excludes halogenated alkanes) is 2. The van der Waals surface area contributed by atoms with Gasteiger partial charge >= 0.3 is 0 Å². The Hall–Kier alpha value is -0.740. The summed E-state index contributed by atoms with van der Waals surface area (Å²) in [5, 5.41) is 0. The van der Waals surface area contributed by atoms with Crippen molar-refractivity contribution in [2.24, 2.45) is 11.5 Å². The van der Waals surface area contributed by atoms with E-state index in [-0.39, 0.29) is 11.6 Å². The van der Waals surface area contributed by atoms with E-state index in [1.54, 1.807) is 0 Å². The average Bonchev–Trinajstić information content (AvgIpc) is 2.18. The molecule has 0 aromatic carbocycles. The van der Waals surface area contributed by atoms with Crippen molar-refractivity contribution in [3.63, 3.8) is 0 Å². The summed E-state index contributed by atoms with van der Waals surface area (Å²) in [6.45, 7) is 0.877. The molecule has 0 aliphatic rings. The zero-order valence-electron chi connectivity index (χ0n) is 9.34. The van der Waals surface area contributed by atoms with Crippen molar-refractivity contribution in [2.75, 3.05) is 13.1 Å². The highest BCUT2D eigenvalue weighted by atomic mass is 16.1. The van der Waals surface area contributed by atoms with Gasteiger partial charge in [-0.3, -0.25) is 9.59 Å². The van der Waals surface area contributed by atoms with E-state index in [4.69, 9.17) is 11.5 Å². The van der Waals surface area contributed by atoms with Crippen molar-refractivity contribution in [2.45, 2.75) is 44.9 Å². The lowest BCUT2D eigenvalue weighted by molar-refractivity contribution is -0.119. The third-order valence-corrected chi connectivity index (χ3v) is 2.26. The fraction of sp³-hybridized carbons (Fsp3) is 0.818. The predicted molar refractivity (Wildman–Crippen MR) is 60.4 cm³/mol. The van der Waals surface area contributed by atoms with Gasteiger partial charge in [0.25, 0.3) is 0 Å². The Balaban J connectivity index is 3.24. The first-order valence-corrected chi connectivity index (χ1v) is 5.64. The summed E-state index contributed by atoms with van der Waals surface area (Å²) in [6, 6.07) is 0. The molecule has 0 saturated carbocycles. The summed E-state index contributed by atoms with van der Waals surface area (Å²) >= 11 is 0. The van der Waals surface area contributed by atoms with Gasteiger partial charge in [0.05, 0.1) is 0 Å². The summed E-state index contributed by atoms with van der Waals surface area (Å²) in [7, 11) is 0. The van der Waals surface area contributed by atoms with E-state index in [2.05, 4.69) is 0 Å². The quantitative estimate of drug-likeness (QED) is 0.526. The third kappa shape index (κ3) is 9.56. The first kappa shape index (κ1) is 14.3. The zero-order valence-corrected chi connectivity index (χ0v) is 9.34. The highest BCUT2D eigenvalue weighted by Gasteiger charge is 2.02. The zero-order chi connectivity index (χ0) is 11.5. The summed E-state index contributed by atoms with van der Waals surface area (Å²) in [5.74, 6) is 0.455. The number of carbonyl (C=O) groups is 2. The second-order valence-electron chi connectivity index (χ2n) is 3.72. The number of nitrogens with two attached hydrogens (primary N) is 2. The smallest absolute Gasteiger partial charge is 0.134 e. The van der Waals surface area contributed by atoms with E-state index in [9.17, 15) is 9.59 Å². The van der Waals surface area contributed by atoms with Crippen molar-refractivity contribution in [3.05, 3.63) is 0 Å². The van der Waals surface area contributed by atoms with Crippen molar-refractivity contribution < 1.29 is 9.59 Å². The van der Waals surface area contributed by atoms with Gasteiger partial charge in [0.2, 0.25) is 0 Å². The molecule has 0 saturated heterocycles. The molecule has 4 N–H and O–H groups in total. The van der Waals surface area contributed by atoms with Crippen LogP contribution in [0.1, 0.15) is 44.9 Å². The Morgan fingerprint density at radius 3 is 1.40 bits per heavy atom. The molecule has 0 aliphatic carbocycles. The van der Waals surface area contributed by atoms with Gasteiger partial charge in [-0.15, -0.1) is 0 Å². The van der Waals surface area contributed by atoms with Gasteiger partial charge in [0, 0.05) is 25.7 Å². The molecule has 4 nitrogen and oxygen atoms in total. The van der Waals surface area contributed by atoms with E-state index in [1.165, 1.54) is 0 Å². The van der Waals surface area contributed by atoms with Crippen LogP contribution in [0.2, 0.25) is 0 Å². The molecule has 0 amide bonds. The van der Waals surface area contributed by atoms with Gasteiger partial charge in [-0.05, 0) is 25.9 Å². The van der Waals surface area contributed by atoms with Gasteiger partial charge < -0.3 is 11.5 Å². The lowest BCUT2D eigenvalue weighted by Gasteiger charge is -2.00. The molecule has 0 aromatic heterocycles. The normalized spacial score (nSPS) is 10.3. The maximum Gasteiger partial charge on any atom is 0.134 e. The Kier molecular flexibility index (Phi) is 9.32. The molecule has 0 bridgehead atoms. The minimum atomic E-state index is 0.228. The van der Waals surface area contributed by atoms with Crippen molar-refractivity contribution in [1.29, 1.82) is 0 Å². The molecule has 88 valence electrons. The second kappa shape index (κ2) is 9.80. The van der Waals surface area contributed by atoms with Crippen molar-refractivity contribution >= 4 is 11.6 Å². The van der Waals surface area contributed by atoms with E-state index in [1.807, 2.05) is 0 Å². The Bertz CT molecular complexity index is 173. The predicted octanol–water partition coefficient (Wildman–Crippen LogP) is 0.773. The van der Waals surface area contributed by atoms with E-state index >= 15 is 0 Å². The van der Waals surface area contributed by atoms with Gasteiger partial charge in [0.1, 0.15) is 11.6 Å². The number of carbonyl (C=O) groups excluding carboxylic acids is 2. The minimum Gasteiger partial charge on any atom is -0.330 e. The second-order valence-corrected chi connectivity index (χ2v) is 3.72. The van der Waals surface area contributed by atoms with Crippen LogP contribution in [0.15, 0.2) is 0 Å². The fourth-order valence-corrected chi connectivity index (χ4v) is 1.39. The van der Waals surface area contributed by atoms with Gasteiger partial charge in [0.15, 0.2) is 0 Å². The number of hydrogen-bond acceptors (Lipinski definition) is 4. The summed E-state index contributed by atoms with van der Waals surface area (Å²) < 4.78 is 0. The third-order valence-electron chi connectivity index (χ3n) is 2.26. The van der Waals surface area contributed by atoms with Gasteiger partial charge in [-0.1, -0.05) is 6.42 Å². The molecule has 0 aromatic rings. The Morgan fingerprint density at radius 2 is 1.07 bits per heavy atom. The van der Waals surface area contributed by atoms with Crippen LogP contribution >= 0.6 is 0 Å². The summed E-state index contributed by atoms with van der Waals surface area (Å²) in [4.78, 5) is 22.2. The van der Waals surface area contributed by atoms with E-state index in [0.717, 1.165) is 19.3 Å². The van der Waals surface area contributed by atoms with E-state index in [0.29, 0.717) is 38.8 Å². The van der Waals surface area contributed by atoms with Crippen molar-refractivity contribution in [1.82, 2.24) is 0 Å². The van der Waals surface area contributed by atoms with Gasteiger partial charge in [-0.25, -0.2) is 0 Å². The lowest BCUT2D eigenvalue weighted by atomic mass is 10.1. The molecule has 4 heteroatoms. The van der Waals surface area contributed by atoms with Crippen LogP contribution in [0.5, 0.6) is 0 Å². The highest BCUT2D eigenvalue weighted by Crippen LogP contribution is 2.05. The van der Waals surface area contributed by atoms with Crippen LogP contribution in [-0.4, -0.2) is 24.7 Å². The summed E-state index contributed by atoms with van der Waals surface area (Å²) in [6.07, 6.45) is 4.83. The number of hydrogen-bond donors (Lipinski definition) is 2. The first-order valence-electron chi connectivity index (χ1n) is 5.64. The topological polar surface area (TPSA) is 86.2 Å². The first-order chi connectivity index (χ1) is 7.20. The molecule has 15 heavy (non-hydrogen) atoms. The van der Waals surface area contributed by atoms with Crippen LogP contribution in [0, 0.1) is 0 Å². The van der Waals surface area contributed by atoms with Crippen LogP contribution in [0.3, 0.4) is 0 Å². The lowest BCUT2D eigenvalue weighted by Crippen LogP contribution is -2.08. The number of ketones is 2. The molecule has 0 atom stereocenters. The minimum absolute atomic E-state index is 0.228. The summed E-state index contributed by atoms with van der Waals surface area (Å²) in [5.41, 5.74) is 10.5. The van der Waals surface area contributed by atoms with Crippen LogP contribution in [0.25, 0.3) is 0 Å². The van der Waals surface area contributed by atoms with Crippen LogP contribution < -0.4 is 11.5 Å². The molecule has 0 unspecified atom stereocenters. The standard InChI is InChI=1S/C11H22N2O2/c12-8-6-10(14)4-2-1-3-5-11(15)7-9-13/h1-9,12-13H2. The largest absolute Gasteiger partial charge is 0.330 e. The monoisotopic (exact) mass is 214 g/mol. The maximum absolute atomic E-state index is 11.1. The maximum atomic E-state index is 11.1. The molecular weight excluding hydrogens is 192 g/mol.